The molecule has 0 heterocycles. The van der Waals surface area contributed by atoms with Crippen molar-refractivity contribution >= 4 is 24.8 Å². The number of rotatable bonds is 10. The zero-order valence-electron chi connectivity index (χ0n) is 22.0. The van der Waals surface area contributed by atoms with E-state index < -0.39 is 38.3 Å². The average molecular weight is 496 g/mol. The molecular formula is C29H41NO4Si. The Kier molecular flexibility index (Phi) is 9.66. The maximum Gasteiger partial charge on any atom is 0.408 e. The second kappa shape index (κ2) is 11.8. The van der Waals surface area contributed by atoms with Gasteiger partial charge in [0.05, 0.1) is 18.2 Å². The van der Waals surface area contributed by atoms with Gasteiger partial charge in [-0.15, -0.1) is 13.2 Å². The Labute approximate surface area is 212 Å². The van der Waals surface area contributed by atoms with Crippen molar-refractivity contribution in [2.45, 2.75) is 76.9 Å². The molecule has 0 fully saturated rings. The van der Waals surface area contributed by atoms with Crippen LogP contribution in [0.3, 0.4) is 0 Å². The molecule has 0 aromatic heterocycles. The van der Waals surface area contributed by atoms with Crippen LogP contribution >= 0.6 is 0 Å². The highest BCUT2D eigenvalue weighted by atomic mass is 28.4. The molecule has 2 aromatic rings. The van der Waals surface area contributed by atoms with E-state index in [-0.39, 0.29) is 11.5 Å². The van der Waals surface area contributed by atoms with E-state index in [2.05, 4.69) is 63.5 Å². The van der Waals surface area contributed by atoms with Gasteiger partial charge in [-0.2, -0.15) is 0 Å². The predicted molar refractivity (Wildman–Crippen MR) is 147 cm³/mol. The summed E-state index contributed by atoms with van der Waals surface area (Å²) < 4.78 is 12.6. The van der Waals surface area contributed by atoms with Crippen molar-refractivity contribution in [3.05, 3.63) is 86.0 Å². The lowest BCUT2D eigenvalue weighted by Gasteiger charge is -2.46. The molecule has 3 atom stereocenters. The highest BCUT2D eigenvalue weighted by molar-refractivity contribution is 6.99. The molecule has 2 rings (SSSR count). The minimum Gasteiger partial charge on any atom is -0.444 e. The molecule has 35 heavy (non-hydrogen) atoms. The molecule has 0 aliphatic rings. The third kappa shape index (κ3) is 7.16. The molecule has 0 saturated carbocycles. The summed E-state index contributed by atoms with van der Waals surface area (Å²) >= 11 is 0. The summed E-state index contributed by atoms with van der Waals surface area (Å²) in [5, 5.41) is 15.8. The monoisotopic (exact) mass is 495 g/mol. The van der Waals surface area contributed by atoms with Crippen molar-refractivity contribution in [1.82, 2.24) is 5.32 Å². The van der Waals surface area contributed by atoms with E-state index in [1.807, 2.05) is 36.4 Å². The lowest BCUT2D eigenvalue weighted by molar-refractivity contribution is 0.0285. The van der Waals surface area contributed by atoms with Crippen LogP contribution in [0.4, 0.5) is 4.79 Å². The summed E-state index contributed by atoms with van der Waals surface area (Å²) in [4.78, 5) is 12.8. The van der Waals surface area contributed by atoms with Gasteiger partial charge in [0.1, 0.15) is 5.60 Å². The summed E-state index contributed by atoms with van der Waals surface area (Å²) in [5.41, 5.74) is -0.680. The van der Waals surface area contributed by atoms with Crippen LogP contribution in [-0.2, 0) is 9.16 Å². The Hall–Kier alpha value is -2.67. The van der Waals surface area contributed by atoms with Crippen LogP contribution in [0.1, 0.15) is 48.0 Å². The van der Waals surface area contributed by atoms with Gasteiger partial charge in [0.25, 0.3) is 8.32 Å². The first-order valence-electron chi connectivity index (χ1n) is 12.1. The molecule has 0 bridgehead atoms. The van der Waals surface area contributed by atoms with Gasteiger partial charge in [-0.05, 0) is 42.6 Å². The molecule has 0 spiro atoms. The van der Waals surface area contributed by atoms with Gasteiger partial charge in [-0.1, -0.05) is 93.6 Å². The SMILES string of the molecule is C=CC[C@@H](O)[C@H](NC(=O)OC(C)(C)C)[C@@H](C=C)O[Si](c1ccccc1)(c1ccccc1)C(C)(C)C. The number of nitrogens with one attached hydrogen (secondary N) is 1. The molecule has 0 saturated heterocycles. The number of carbonyl (C=O) groups excluding carboxylic acids is 1. The van der Waals surface area contributed by atoms with Crippen LogP contribution in [0.2, 0.25) is 5.04 Å². The standard InChI is InChI=1S/C29H41NO4Si/c1-9-17-24(31)26(30-27(32)33-28(3,4)5)25(10-2)34-35(29(6,7)8,22-18-13-11-14-19-22)23-20-15-12-16-21-23/h9-16,18-21,24-26,31H,1-2,17H2,3-8H3,(H,30,32)/t24-,25-,26+/m1/s1. The molecule has 0 unspecified atom stereocenters. The van der Waals surface area contributed by atoms with E-state index in [0.717, 1.165) is 10.4 Å². The van der Waals surface area contributed by atoms with E-state index in [1.165, 1.54) is 0 Å². The van der Waals surface area contributed by atoms with Gasteiger partial charge in [-0.3, -0.25) is 0 Å². The first kappa shape index (κ1) is 28.6. The Bertz CT molecular complexity index is 924. The number of alkyl carbamates (subject to hydrolysis) is 1. The number of carbonyl (C=O) groups is 1. The van der Waals surface area contributed by atoms with Crippen LogP contribution in [0, 0.1) is 0 Å². The fraction of sp³-hybridized carbons (Fsp3) is 0.414. The van der Waals surface area contributed by atoms with E-state index in [1.54, 1.807) is 32.9 Å². The van der Waals surface area contributed by atoms with Crippen LogP contribution in [0.5, 0.6) is 0 Å². The maximum atomic E-state index is 12.8. The molecule has 190 valence electrons. The molecular weight excluding hydrogens is 454 g/mol. The highest BCUT2D eigenvalue weighted by Gasteiger charge is 2.52. The number of ether oxygens (including phenoxy) is 1. The van der Waals surface area contributed by atoms with Crippen molar-refractivity contribution in [2.75, 3.05) is 0 Å². The van der Waals surface area contributed by atoms with Crippen molar-refractivity contribution in [3.63, 3.8) is 0 Å². The van der Waals surface area contributed by atoms with E-state index >= 15 is 0 Å². The minimum atomic E-state index is -2.96. The largest absolute Gasteiger partial charge is 0.444 e. The summed E-state index contributed by atoms with van der Waals surface area (Å²) in [5.74, 6) is 0. The van der Waals surface area contributed by atoms with Gasteiger partial charge >= 0.3 is 6.09 Å². The van der Waals surface area contributed by atoms with Gasteiger partial charge in [-0.25, -0.2) is 4.79 Å². The summed E-state index contributed by atoms with van der Waals surface area (Å²) in [6.45, 7) is 19.7. The second-order valence-corrected chi connectivity index (χ2v) is 15.0. The summed E-state index contributed by atoms with van der Waals surface area (Å²) in [6, 6.07) is 19.6. The maximum absolute atomic E-state index is 12.8. The summed E-state index contributed by atoms with van der Waals surface area (Å²) in [6.07, 6.45) is 1.30. The van der Waals surface area contributed by atoms with E-state index in [0.29, 0.717) is 0 Å². The Morgan fingerprint density at radius 1 is 0.971 bits per heavy atom. The minimum absolute atomic E-state index is 0.273. The molecule has 0 aliphatic heterocycles. The number of aliphatic hydroxyl groups excluding tert-OH is 1. The fourth-order valence-corrected chi connectivity index (χ4v) is 8.99. The first-order valence-corrected chi connectivity index (χ1v) is 14.0. The van der Waals surface area contributed by atoms with Crippen LogP contribution < -0.4 is 15.7 Å². The number of hydrogen-bond donors (Lipinski definition) is 2. The molecule has 6 heteroatoms. The number of aliphatic hydroxyl groups is 1. The van der Waals surface area contributed by atoms with E-state index in [9.17, 15) is 9.90 Å². The molecule has 5 nitrogen and oxygen atoms in total. The molecule has 0 radical (unpaired) electrons. The Morgan fingerprint density at radius 3 is 1.83 bits per heavy atom. The Balaban J connectivity index is 2.64. The zero-order chi connectivity index (χ0) is 26.3. The van der Waals surface area contributed by atoms with Crippen molar-refractivity contribution < 1.29 is 19.1 Å². The fourth-order valence-electron chi connectivity index (χ4n) is 4.32. The Morgan fingerprint density at radius 2 is 1.46 bits per heavy atom. The molecule has 0 aliphatic carbocycles. The topological polar surface area (TPSA) is 67.8 Å². The highest BCUT2D eigenvalue weighted by Crippen LogP contribution is 2.38. The first-order chi connectivity index (χ1) is 16.4. The number of amides is 1. The molecule has 2 aromatic carbocycles. The third-order valence-corrected chi connectivity index (χ3v) is 10.9. The molecule has 2 N–H and O–H groups in total. The van der Waals surface area contributed by atoms with E-state index in [4.69, 9.17) is 9.16 Å². The number of benzene rings is 2. The predicted octanol–water partition coefficient (Wildman–Crippen LogP) is 4.95. The number of hydrogen-bond acceptors (Lipinski definition) is 4. The van der Waals surface area contributed by atoms with Gasteiger partial charge in [0.15, 0.2) is 0 Å². The lowest BCUT2D eigenvalue weighted by atomic mass is 10.0. The van der Waals surface area contributed by atoms with Gasteiger partial charge in [0, 0.05) is 0 Å². The smallest absolute Gasteiger partial charge is 0.408 e. The quantitative estimate of drug-likeness (QED) is 0.362. The van der Waals surface area contributed by atoms with Gasteiger partial charge in [0.2, 0.25) is 0 Å². The van der Waals surface area contributed by atoms with Crippen LogP contribution in [0.25, 0.3) is 0 Å². The zero-order valence-corrected chi connectivity index (χ0v) is 23.0. The van der Waals surface area contributed by atoms with Crippen molar-refractivity contribution in [1.29, 1.82) is 0 Å². The normalized spacial score (nSPS) is 14.9. The van der Waals surface area contributed by atoms with Crippen LogP contribution in [0.15, 0.2) is 86.0 Å². The summed E-state index contributed by atoms with van der Waals surface area (Å²) in [7, 11) is -2.96. The average Bonchev–Trinajstić information content (AvgIpc) is 2.78. The molecule has 1 amide bonds. The van der Waals surface area contributed by atoms with Gasteiger partial charge < -0.3 is 19.6 Å². The van der Waals surface area contributed by atoms with Crippen molar-refractivity contribution in [2.24, 2.45) is 0 Å². The second-order valence-electron chi connectivity index (χ2n) is 10.7. The van der Waals surface area contributed by atoms with Crippen molar-refractivity contribution in [3.8, 4) is 0 Å². The third-order valence-electron chi connectivity index (χ3n) is 5.82. The lowest BCUT2D eigenvalue weighted by Crippen LogP contribution is -2.69. The van der Waals surface area contributed by atoms with Crippen LogP contribution in [-0.4, -0.2) is 43.4 Å².